The van der Waals surface area contributed by atoms with Crippen molar-refractivity contribution in [3.63, 3.8) is 0 Å². The number of nitrogens with one attached hydrogen (secondary N) is 1. The van der Waals surface area contributed by atoms with Crippen molar-refractivity contribution in [3.05, 3.63) is 23.4 Å². The van der Waals surface area contributed by atoms with Crippen LogP contribution in [0.25, 0.3) is 0 Å². The molecular formula is C14H18N6O. The number of aromatic nitrogens is 1. The summed E-state index contributed by atoms with van der Waals surface area (Å²) in [6, 6.07) is 6.91. The number of carbonyl (C=O) groups excluding carboxylic acids is 1. The van der Waals surface area contributed by atoms with Gasteiger partial charge in [0.1, 0.15) is 18.9 Å². The smallest absolute Gasteiger partial charge is 0.255 e. The van der Waals surface area contributed by atoms with Crippen LogP contribution in [0.15, 0.2) is 12.1 Å². The first-order valence-electron chi connectivity index (χ1n) is 6.36. The third-order valence-corrected chi connectivity index (χ3v) is 2.80. The molecule has 0 bridgehead atoms. The molecule has 7 heteroatoms. The lowest BCUT2D eigenvalue weighted by Crippen LogP contribution is -2.32. The largest absolute Gasteiger partial charge is 0.312 e. The van der Waals surface area contributed by atoms with Crippen LogP contribution in [0.5, 0.6) is 0 Å². The number of anilines is 1. The zero-order chi connectivity index (χ0) is 16.0. The Morgan fingerprint density at radius 3 is 2.33 bits per heavy atom. The van der Waals surface area contributed by atoms with Gasteiger partial charge in [-0.3, -0.25) is 4.79 Å². The molecule has 1 rings (SSSR count). The maximum Gasteiger partial charge on any atom is 0.255 e. The lowest BCUT2D eigenvalue weighted by Gasteiger charge is -2.21. The van der Waals surface area contributed by atoms with E-state index in [0.717, 1.165) is 0 Å². The Morgan fingerprint density at radius 2 is 1.90 bits per heavy atom. The number of nitrogens with zero attached hydrogens (tertiary/aromatic N) is 4. The van der Waals surface area contributed by atoms with Crippen molar-refractivity contribution in [3.8, 4) is 12.1 Å². The van der Waals surface area contributed by atoms with Gasteiger partial charge in [0.2, 0.25) is 0 Å². The minimum atomic E-state index is -0.400. The van der Waals surface area contributed by atoms with Gasteiger partial charge in [0, 0.05) is 16.7 Å². The minimum absolute atomic E-state index is 0.148. The number of amides is 1. The van der Waals surface area contributed by atoms with Crippen LogP contribution in [0.3, 0.4) is 0 Å². The predicted molar refractivity (Wildman–Crippen MR) is 77.9 cm³/mol. The molecule has 110 valence electrons. The van der Waals surface area contributed by atoms with Crippen molar-refractivity contribution in [1.82, 2.24) is 9.88 Å². The normalized spacial score (nSPS) is 10.4. The summed E-state index contributed by atoms with van der Waals surface area (Å²) in [5, 5.41) is 17.5. The van der Waals surface area contributed by atoms with Gasteiger partial charge in [0.25, 0.3) is 5.91 Å². The van der Waals surface area contributed by atoms with Gasteiger partial charge in [-0.05, 0) is 12.1 Å². The molecule has 0 atom stereocenters. The highest BCUT2D eigenvalue weighted by Gasteiger charge is 2.21. The Morgan fingerprint density at radius 1 is 1.33 bits per heavy atom. The first kappa shape index (κ1) is 16.4. The van der Waals surface area contributed by atoms with E-state index in [0.29, 0.717) is 17.1 Å². The molecule has 1 aromatic rings. The van der Waals surface area contributed by atoms with Crippen molar-refractivity contribution in [1.29, 1.82) is 10.5 Å². The molecular weight excluding hydrogens is 268 g/mol. The van der Waals surface area contributed by atoms with Crippen LogP contribution < -0.4 is 11.3 Å². The summed E-state index contributed by atoms with van der Waals surface area (Å²) in [7, 11) is 0. The minimum Gasteiger partial charge on any atom is -0.312 e. The number of nitrogen functional groups attached to an aromatic ring is 1. The molecule has 0 aromatic carbocycles. The summed E-state index contributed by atoms with van der Waals surface area (Å²) in [5.41, 5.74) is 3.19. The Kier molecular flexibility index (Phi) is 5.23. The lowest BCUT2D eigenvalue weighted by atomic mass is 9.90. The summed E-state index contributed by atoms with van der Waals surface area (Å²) >= 11 is 0. The van der Waals surface area contributed by atoms with E-state index in [2.05, 4.69) is 10.4 Å². The molecule has 0 unspecified atom stereocenters. The fourth-order valence-electron chi connectivity index (χ4n) is 1.66. The lowest BCUT2D eigenvalue weighted by molar-refractivity contribution is 0.0794. The zero-order valence-corrected chi connectivity index (χ0v) is 12.3. The molecule has 3 N–H and O–H groups in total. The first-order valence-corrected chi connectivity index (χ1v) is 6.36. The number of carbonyl (C=O) groups is 1. The Labute approximate surface area is 124 Å². The number of hydrazine groups is 1. The van der Waals surface area contributed by atoms with Gasteiger partial charge in [-0.25, -0.2) is 10.8 Å². The second-order valence-corrected chi connectivity index (χ2v) is 5.50. The highest BCUT2D eigenvalue weighted by molar-refractivity contribution is 5.95. The topological polar surface area (TPSA) is 119 Å². The molecule has 0 aliphatic heterocycles. The van der Waals surface area contributed by atoms with Gasteiger partial charge in [0.05, 0.1) is 12.1 Å². The molecule has 1 heterocycles. The molecule has 0 spiro atoms. The number of hydrogen-bond donors (Lipinski definition) is 2. The summed E-state index contributed by atoms with van der Waals surface area (Å²) in [4.78, 5) is 17.9. The third-order valence-electron chi connectivity index (χ3n) is 2.80. The molecule has 1 aromatic heterocycles. The highest BCUT2D eigenvalue weighted by Crippen LogP contribution is 2.23. The Bertz CT molecular complexity index is 589. The molecule has 0 fully saturated rings. The van der Waals surface area contributed by atoms with Gasteiger partial charge in [-0.15, -0.1) is 0 Å². The molecule has 21 heavy (non-hydrogen) atoms. The zero-order valence-electron chi connectivity index (χ0n) is 12.3. The van der Waals surface area contributed by atoms with Crippen LogP contribution in [0, 0.1) is 22.7 Å². The summed E-state index contributed by atoms with van der Waals surface area (Å²) < 4.78 is 0. The van der Waals surface area contributed by atoms with Crippen molar-refractivity contribution in [2.24, 2.45) is 5.84 Å². The maximum atomic E-state index is 12.4. The quantitative estimate of drug-likeness (QED) is 0.487. The highest BCUT2D eigenvalue weighted by atomic mass is 16.2. The third kappa shape index (κ3) is 4.16. The van der Waals surface area contributed by atoms with E-state index in [9.17, 15) is 4.79 Å². The fourth-order valence-corrected chi connectivity index (χ4v) is 1.66. The van der Waals surface area contributed by atoms with Crippen LogP contribution in [-0.2, 0) is 5.41 Å². The number of nitriles is 2. The molecule has 7 nitrogen and oxygen atoms in total. The van der Waals surface area contributed by atoms with E-state index < -0.39 is 5.91 Å². The summed E-state index contributed by atoms with van der Waals surface area (Å²) in [6.45, 7) is 5.60. The van der Waals surface area contributed by atoms with E-state index in [1.807, 2.05) is 32.9 Å². The van der Waals surface area contributed by atoms with Gasteiger partial charge in [-0.2, -0.15) is 10.5 Å². The van der Waals surface area contributed by atoms with E-state index in [4.69, 9.17) is 16.4 Å². The number of pyridine rings is 1. The number of rotatable bonds is 4. The Hall–Kier alpha value is -2.64. The first-order chi connectivity index (χ1) is 9.83. The average Bonchev–Trinajstić information content (AvgIpc) is 2.44. The summed E-state index contributed by atoms with van der Waals surface area (Å²) in [5.74, 6) is 5.34. The second-order valence-electron chi connectivity index (χ2n) is 5.50. The average molecular weight is 286 g/mol. The van der Waals surface area contributed by atoms with Crippen LogP contribution in [0.2, 0.25) is 0 Å². The Balaban J connectivity index is 3.26. The monoisotopic (exact) mass is 286 g/mol. The molecule has 0 aliphatic carbocycles. The van der Waals surface area contributed by atoms with Gasteiger partial charge < -0.3 is 10.3 Å². The van der Waals surface area contributed by atoms with E-state index >= 15 is 0 Å². The van der Waals surface area contributed by atoms with E-state index in [-0.39, 0.29) is 18.5 Å². The van der Waals surface area contributed by atoms with Crippen molar-refractivity contribution >= 4 is 11.7 Å². The van der Waals surface area contributed by atoms with Crippen molar-refractivity contribution < 1.29 is 4.79 Å². The standard InChI is InChI=1S/C14H18N6O/c1-14(2,3)11-8-10(9-12(18-11)19-17)13(21)20(6-4-15)7-5-16/h8-9H,6-7,17H2,1-3H3,(H,18,19). The molecule has 1 amide bonds. The van der Waals surface area contributed by atoms with Crippen molar-refractivity contribution in [2.75, 3.05) is 18.5 Å². The van der Waals surface area contributed by atoms with Crippen LogP contribution in [0.1, 0.15) is 36.8 Å². The number of hydrogen-bond acceptors (Lipinski definition) is 6. The van der Waals surface area contributed by atoms with E-state index in [1.54, 1.807) is 6.07 Å². The molecule has 0 aliphatic rings. The molecule has 0 saturated heterocycles. The predicted octanol–water partition coefficient (Wildman–Crippen LogP) is 1.15. The fraction of sp³-hybridized carbons (Fsp3) is 0.429. The van der Waals surface area contributed by atoms with Crippen LogP contribution >= 0.6 is 0 Å². The maximum absolute atomic E-state index is 12.4. The van der Waals surface area contributed by atoms with Crippen molar-refractivity contribution in [2.45, 2.75) is 26.2 Å². The van der Waals surface area contributed by atoms with E-state index in [1.165, 1.54) is 11.0 Å². The van der Waals surface area contributed by atoms with Crippen LogP contribution in [-0.4, -0.2) is 28.9 Å². The van der Waals surface area contributed by atoms with Gasteiger partial charge >= 0.3 is 0 Å². The number of nitrogens with two attached hydrogens (primary N) is 1. The van der Waals surface area contributed by atoms with Gasteiger partial charge in [-0.1, -0.05) is 20.8 Å². The second kappa shape index (κ2) is 6.69. The van der Waals surface area contributed by atoms with Crippen LogP contribution in [0.4, 0.5) is 5.82 Å². The summed E-state index contributed by atoms with van der Waals surface area (Å²) in [6.07, 6.45) is 0. The SMILES string of the molecule is CC(C)(C)c1cc(C(=O)N(CC#N)CC#N)cc(NN)n1. The molecule has 0 radical (unpaired) electrons. The van der Waals surface area contributed by atoms with Gasteiger partial charge in [0.15, 0.2) is 0 Å². The molecule has 0 saturated carbocycles.